The lowest BCUT2D eigenvalue weighted by Crippen LogP contribution is -2.37. The summed E-state index contributed by atoms with van der Waals surface area (Å²) in [6.07, 6.45) is 4.24. The van der Waals surface area contributed by atoms with Crippen molar-refractivity contribution in [1.29, 1.82) is 0 Å². The van der Waals surface area contributed by atoms with Gasteiger partial charge >= 0.3 is 5.97 Å². The second kappa shape index (κ2) is 8.26. The number of aryl methyl sites for hydroxylation is 2. The molecule has 1 aliphatic rings. The van der Waals surface area contributed by atoms with Gasteiger partial charge in [-0.3, -0.25) is 4.79 Å². The van der Waals surface area contributed by atoms with Crippen LogP contribution in [-0.4, -0.2) is 11.1 Å². The predicted octanol–water partition coefficient (Wildman–Crippen LogP) is 5.38. The van der Waals surface area contributed by atoms with Crippen molar-refractivity contribution in [2.24, 2.45) is 5.92 Å². The molecule has 0 aliphatic carbocycles. The van der Waals surface area contributed by atoms with Crippen LogP contribution in [0, 0.1) is 19.8 Å². The summed E-state index contributed by atoms with van der Waals surface area (Å²) < 4.78 is 5.77. The van der Waals surface area contributed by atoms with Gasteiger partial charge < -0.3 is 9.84 Å². The fraction of sp³-hybridized carbons (Fsp3) is 0.458. The van der Waals surface area contributed by atoms with Gasteiger partial charge in [-0.1, -0.05) is 92.3 Å². The normalized spacial score (nSPS) is 24.8. The van der Waals surface area contributed by atoms with Gasteiger partial charge in [-0.25, -0.2) is 0 Å². The maximum Gasteiger partial charge on any atom is 0.313 e. The zero-order chi connectivity index (χ0) is 19.4. The van der Waals surface area contributed by atoms with E-state index in [0.29, 0.717) is 6.42 Å². The van der Waals surface area contributed by atoms with Crippen LogP contribution in [-0.2, 0) is 15.1 Å². The molecule has 3 rings (SSSR count). The predicted molar refractivity (Wildman–Crippen MR) is 107 cm³/mol. The Kier molecular flexibility index (Phi) is 6.01. The molecule has 0 aromatic heterocycles. The highest BCUT2D eigenvalue weighted by Crippen LogP contribution is 2.51. The van der Waals surface area contributed by atoms with E-state index in [2.05, 4.69) is 6.92 Å². The lowest BCUT2D eigenvalue weighted by atomic mass is 9.75. The minimum Gasteiger partial charge on any atom is -0.454 e. The molecule has 0 amide bonds. The summed E-state index contributed by atoms with van der Waals surface area (Å²) in [7, 11) is 0. The highest BCUT2D eigenvalue weighted by atomic mass is 16.6. The second-order valence-electron chi connectivity index (χ2n) is 7.82. The Morgan fingerprint density at radius 2 is 1.52 bits per heavy atom. The van der Waals surface area contributed by atoms with E-state index in [9.17, 15) is 9.90 Å². The van der Waals surface area contributed by atoms with Crippen LogP contribution in [0.3, 0.4) is 0 Å². The third-order valence-corrected chi connectivity index (χ3v) is 5.69. The minimum absolute atomic E-state index is 0.292. The Morgan fingerprint density at radius 3 is 2.11 bits per heavy atom. The van der Waals surface area contributed by atoms with Crippen molar-refractivity contribution in [1.82, 2.24) is 0 Å². The van der Waals surface area contributed by atoms with Gasteiger partial charge in [-0.2, -0.15) is 0 Å². The summed E-state index contributed by atoms with van der Waals surface area (Å²) in [6, 6.07) is 15.7. The number of rotatable bonds is 7. The lowest BCUT2D eigenvalue weighted by molar-refractivity contribution is -0.144. The van der Waals surface area contributed by atoms with Crippen molar-refractivity contribution >= 4 is 5.97 Å². The van der Waals surface area contributed by atoms with E-state index in [4.69, 9.17) is 4.74 Å². The van der Waals surface area contributed by atoms with Gasteiger partial charge in [0, 0.05) is 0 Å². The molecule has 0 saturated carbocycles. The number of ether oxygens (including phenoxy) is 1. The first kappa shape index (κ1) is 19.6. The molecular formula is C24H30O3. The maximum atomic E-state index is 12.8. The van der Waals surface area contributed by atoms with Gasteiger partial charge in [-0.15, -0.1) is 0 Å². The summed E-state index contributed by atoms with van der Waals surface area (Å²) >= 11 is 0. The van der Waals surface area contributed by atoms with E-state index in [-0.39, 0.29) is 5.97 Å². The summed E-state index contributed by atoms with van der Waals surface area (Å²) in [6.45, 7) is 6.21. The summed E-state index contributed by atoms with van der Waals surface area (Å²) in [4.78, 5) is 12.8. The van der Waals surface area contributed by atoms with Crippen LogP contribution >= 0.6 is 0 Å². The first-order valence-corrected chi connectivity index (χ1v) is 10.0. The monoisotopic (exact) mass is 366 g/mol. The van der Waals surface area contributed by atoms with Gasteiger partial charge in [-0.05, 0) is 31.4 Å². The number of carbonyl (C=O) groups is 1. The van der Waals surface area contributed by atoms with Crippen molar-refractivity contribution in [3.63, 3.8) is 0 Å². The second-order valence-corrected chi connectivity index (χ2v) is 7.82. The Balaban J connectivity index is 1.98. The van der Waals surface area contributed by atoms with Crippen LogP contribution in [0.4, 0.5) is 0 Å². The molecule has 1 saturated heterocycles. The van der Waals surface area contributed by atoms with E-state index in [1.54, 1.807) is 0 Å². The molecule has 0 unspecified atom stereocenters. The van der Waals surface area contributed by atoms with Gasteiger partial charge in [0.25, 0.3) is 0 Å². The highest BCUT2D eigenvalue weighted by molar-refractivity contribution is 5.78. The first-order valence-electron chi connectivity index (χ1n) is 10.0. The standard InChI is InChI=1S/C24H30O3/c1-4-5-6-7-8-21-23(25)27-22(19-13-9-17(2)10-14-19)24(21,26)20-15-11-18(3)12-16-20/h9-16,21-22,26H,4-8H2,1-3H3/t21-,22-,24-/m1/s1. The molecule has 1 heterocycles. The van der Waals surface area contributed by atoms with Gasteiger partial charge in [0.1, 0.15) is 5.60 Å². The average Bonchev–Trinajstić information content (AvgIpc) is 2.92. The van der Waals surface area contributed by atoms with Crippen molar-refractivity contribution in [2.75, 3.05) is 0 Å². The third-order valence-electron chi connectivity index (χ3n) is 5.69. The van der Waals surface area contributed by atoms with Crippen LogP contribution in [0.1, 0.15) is 67.4 Å². The van der Waals surface area contributed by atoms with Crippen molar-refractivity contribution in [3.8, 4) is 0 Å². The topological polar surface area (TPSA) is 46.5 Å². The Hall–Kier alpha value is -2.13. The van der Waals surface area contributed by atoms with E-state index in [1.165, 1.54) is 0 Å². The quantitative estimate of drug-likeness (QED) is 0.529. The van der Waals surface area contributed by atoms with Crippen LogP contribution in [0.5, 0.6) is 0 Å². The SMILES string of the molecule is CCCCCC[C@@H]1C(=O)O[C@H](c2ccc(C)cc2)[C@@]1(O)c1ccc(C)cc1. The molecule has 1 aliphatic heterocycles. The fourth-order valence-corrected chi connectivity index (χ4v) is 4.00. The van der Waals surface area contributed by atoms with Crippen LogP contribution < -0.4 is 0 Å². The largest absolute Gasteiger partial charge is 0.454 e. The number of cyclic esters (lactones) is 1. The van der Waals surface area contributed by atoms with Crippen LogP contribution in [0.25, 0.3) is 0 Å². The number of benzene rings is 2. The molecule has 2 aromatic carbocycles. The summed E-state index contributed by atoms with van der Waals surface area (Å²) in [5.74, 6) is -0.830. The number of unbranched alkanes of at least 4 members (excludes halogenated alkanes) is 3. The summed E-state index contributed by atoms with van der Waals surface area (Å²) in [5.41, 5.74) is 2.52. The number of hydrogen-bond donors (Lipinski definition) is 1. The zero-order valence-electron chi connectivity index (χ0n) is 16.6. The molecule has 27 heavy (non-hydrogen) atoms. The first-order chi connectivity index (χ1) is 13.0. The summed E-state index contributed by atoms with van der Waals surface area (Å²) in [5, 5.41) is 11.9. The lowest BCUT2D eigenvalue weighted by Gasteiger charge is -2.32. The molecular weight excluding hydrogens is 336 g/mol. The molecule has 0 spiro atoms. The fourth-order valence-electron chi connectivity index (χ4n) is 4.00. The molecule has 0 bridgehead atoms. The third kappa shape index (κ3) is 3.93. The Bertz CT molecular complexity index is 763. The number of hydrogen-bond acceptors (Lipinski definition) is 3. The smallest absolute Gasteiger partial charge is 0.313 e. The van der Waals surface area contributed by atoms with Gasteiger partial charge in [0.05, 0.1) is 5.92 Å². The van der Waals surface area contributed by atoms with Gasteiger partial charge in [0.15, 0.2) is 6.10 Å². The van der Waals surface area contributed by atoms with Crippen molar-refractivity contribution in [2.45, 2.75) is 64.6 Å². The van der Waals surface area contributed by atoms with E-state index >= 15 is 0 Å². The van der Waals surface area contributed by atoms with E-state index < -0.39 is 17.6 Å². The molecule has 2 aromatic rings. The maximum absolute atomic E-state index is 12.8. The van der Waals surface area contributed by atoms with Crippen molar-refractivity contribution in [3.05, 3.63) is 70.8 Å². The minimum atomic E-state index is -1.34. The zero-order valence-corrected chi connectivity index (χ0v) is 16.6. The Labute approximate surface area is 162 Å². The number of carbonyl (C=O) groups excluding carboxylic acids is 1. The molecule has 3 atom stereocenters. The molecule has 3 heteroatoms. The van der Waals surface area contributed by atoms with Crippen molar-refractivity contribution < 1.29 is 14.6 Å². The highest BCUT2D eigenvalue weighted by Gasteiger charge is 2.57. The van der Waals surface area contributed by atoms with Gasteiger partial charge in [0.2, 0.25) is 0 Å². The molecule has 144 valence electrons. The molecule has 0 radical (unpaired) electrons. The van der Waals surface area contributed by atoms with Crippen LogP contribution in [0.15, 0.2) is 48.5 Å². The molecule has 3 nitrogen and oxygen atoms in total. The molecule has 1 fully saturated rings. The van der Waals surface area contributed by atoms with E-state index in [1.807, 2.05) is 62.4 Å². The Morgan fingerprint density at radius 1 is 0.926 bits per heavy atom. The van der Waals surface area contributed by atoms with Crippen LogP contribution in [0.2, 0.25) is 0 Å². The van der Waals surface area contributed by atoms with E-state index in [0.717, 1.165) is 47.9 Å². The number of esters is 1. The number of aliphatic hydroxyl groups is 1. The molecule has 1 N–H and O–H groups in total. The average molecular weight is 367 g/mol.